The number of ether oxygens (including phenoxy) is 1. The van der Waals surface area contributed by atoms with Crippen LogP contribution in [0.2, 0.25) is 0 Å². The van der Waals surface area contributed by atoms with Crippen LogP contribution in [0.5, 0.6) is 0 Å². The second-order valence-corrected chi connectivity index (χ2v) is 8.13. The van der Waals surface area contributed by atoms with E-state index in [0.717, 1.165) is 17.0 Å². The summed E-state index contributed by atoms with van der Waals surface area (Å²) in [6.45, 7) is 1.51. The molecule has 7 heteroatoms. The lowest BCUT2D eigenvalue weighted by molar-refractivity contribution is -0.123. The molecule has 2 aliphatic heterocycles. The molecule has 0 saturated carbocycles. The Morgan fingerprint density at radius 1 is 1.28 bits per heavy atom. The summed E-state index contributed by atoms with van der Waals surface area (Å²) in [7, 11) is 1.62. The van der Waals surface area contributed by atoms with Crippen molar-refractivity contribution in [2.45, 2.75) is 4.87 Å². The first-order valence-corrected chi connectivity index (χ1v) is 9.96. The summed E-state index contributed by atoms with van der Waals surface area (Å²) in [6, 6.07) is 11.5. The molecule has 1 saturated heterocycles. The average Bonchev–Trinajstić information content (AvgIpc) is 3.35. The molecule has 25 heavy (non-hydrogen) atoms. The summed E-state index contributed by atoms with van der Waals surface area (Å²) in [5.74, 6) is 0.630. The second-order valence-electron chi connectivity index (χ2n) is 5.89. The molecule has 0 aliphatic carbocycles. The Bertz CT molecular complexity index is 808. The minimum absolute atomic E-state index is 0.0434. The highest BCUT2D eigenvalue weighted by atomic mass is 32.2. The number of amides is 2. The van der Waals surface area contributed by atoms with Crippen LogP contribution in [-0.2, 0) is 14.4 Å². The van der Waals surface area contributed by atoms with E-state index < -0.39 is 4.87 Å². The highest BCUT2D eigenvalue weighted by Gasteiger charge is 2.59. The van der Waals surface area contributed by atoms with Gasteiger partial charge in [0.1, 0.15) is 0 Å². The molecule has 130 valence electrons. The van der Waals surface area contributed by atoms with Gasteiger partial charge in [-0.3, -0.25) is 9.59 Å². The summed E-state index contributed by atoms with van der Waals surface area (Å²) in [5.41, 5.74) is 1.78. The average molecular weight is 374 g/mol. The topological polar surface area (TPSA) is 49.9 Å². The summed E-state index contributed by atoms with van der Waals surface area (Å²) in [6.07, 6.45) is 0. The van der Waals surface area contributed by atoms with Gasteiger partial charge in [0.2, 0.25) is 0 Å². The van der Waals surface area contributed by atoms with Gasteiger partial charge in [-0.05, 0) is 17.5 Å². The van der Waals surface area contributed by atoms with E-state index in [2.05, 4.69) is 0 Å². The third-order valence-electron chi connectivity index (χ3n) is 4.60. The van der Waals surface area contributed by atoms with Crippen LogP contribution in [0.25, 0.3) is 0 Å². The van der Waals surface area contributed by atoms with E-state index >= 15 is 0 Å². The molecule has 5 nitrogen and oxygen atoms in total. The van der Waals surface area contributed by atoms with Crippen LogP contribution in [0.1, 0.15) is 15.2 Å². The van der Waals surface area contributed by atoms with Crippen molar-refractivity contribution in [3.8, 4) is 0 Å². The fourth-order valence-electron chi connectivity index (χ4n) is 3.51. The van der Waals surface area contributed by atoms with Crippen molar-refractivity contribution in [1.82, 2.24) is 4.90 Å². The molecule has 1 spiro atoms. The van der Waals surface area contributed by atoms with Gasteiger partial charge in [0.25, 0.3) is 11.8 Å². The maximum Gasteiger partial charge on any atom is 0.268 e. The van der Waals surface area contributed by atoms with Crippen LogP contribution in [0, 0.1) is 0 Å². The normalized spacial score (nSPS) is 22.0. The van der Waals surface area contributed by atoms with Gasteiger partial charge in [0.15, 0.2) is 4.87 Å². The Balaban J connectivity index is 1.79. The van der Waals surface area contributed by atoms with Gasteiger partial charge >= 0.3 is 0 Å². The van der Waals surface area contributed by atoms with E-state index in [1.807, 2.05) is 41.8 Å². The van der Waals surface area contributed by atoms with E-state index in [0.29, 0.717) is 24.6 Å². The number of carbonyl (C=O) groups is 2. The van der Waals surface area contributed by atoms with Gasteiger partial charge in [0, 0.05) is 31.5 Å². The van der Waals surface area contributed by atoms with Crippen LogP contribution in [-0.4, -0.2) is 49.3 Å². The number of thioether (sulfide) groups is 1. The number of thiophene rings is 1. The molecule has 0 bridgehead atoms. The zero-order chi connectivity index (χ0) is 17.4. The van der Waals surface area contributed by atoms with Crippen molar-refractivity contribution in [1.29, 1.82) is 0 Å². The fourth-order valence-corrected chi connectivity index (χ4v) is 5.64. The number of methoxy groups -OCH3 is 1. The van der Waals surface area contributed by atoms with Crippen LogP contribution in [0.4, 0.5) is 5.69 Å². The van der Waals surface area contributed by atoms with E-state index in [9.17, 15) is 9.59 Å². The third-order valence-corrected chi connectivity index (χ3v) is 6.87. The van der Waals surface area contributed by atoms with Crippen LogP contribution < -0.4 is 4.90 Å². The Labute approximate surface area is 154 Å². The summed E-state index contributed by atoms with van der Waals surface area (Å²) >= 11 is 2.96. The molecule has 1 aromatic heterocycles. The number of para-hydroxylation sites is 1. The van der Waals surface area contributed by atoms with Crippen molar-refractivity contribution >= 4 is 40.6 Å². The molecule has 2 aromatic rings. The van der Waals surface area contributed by atoms with Crippen LogP contribution >= 0.6 is 23.1 Å². The standard InChI is InChI=1S/C18H18N2O3S2/c1-23-10-8-19-14-6-3-2-5-13(14)18(17(19)22)20(9-12-25-18)16(21)15-7-4-11-24-15/h2-7,11H,8-10,12H2,1H3. The maximum absolute atomic E-state index is 13.4. The predicted molar refractivity (Wildman–Crippen MR) is 100 cm³/mol. The lowest BCUT2D eigenvalue weighted by Gasteiger charge is -2.33. The Hall–Kier alpha value is -1.83. The van der Waals surface area contributed by atoms with E-state index in [1.54, 1.807) is 28.7 Å². The minimum Gasteiger partial charge on any atom is -0.383 e. The SMILES string of the molecule is COCCN1C(=O)C2(SCCN2C(=O)c2cccs2)c2ccccc21. The monoisotopic (exact) mass is 374 g/mol. The number of benzene rings is 1. The zero-order valence-corrected chi connectivity index (χ0v) is 15.4. The van der Waals surface area contributed by atoms with Crippen molar-refractivity contribution in [3.05, 3.63) is 52.2 Å². The molecule has 2 amide bonds. The molecule has 4 rings (SSSR count). The fraction of sp³-hybridized carbons (Fsp3) is 0.333. The van der Waals surface area contributed by atoms with Gasteiger partial charge in [-0.25, -0.2) is 0 Å². The lowest BCUT2D eigenvalue weighted by Crippen LogP contribution is -2.50. The Morgan fingerprint density at radius 2 is 2.12 bits per heavy atom. The number of rotatable bonds is 4. The zero-order valence-electron chi connectivity index (χ0n) is 13.8. The van der Waals surface area contributed by atoms with Gasteiger partial charge in [0.05, 0.1) is 17.2 Å². The predicted octanol–water partition coefficient (Wildman–Crippen LogP) is 2.78. The third kappa shape index (κ3) is 2.41. The molecule has 1 atom stereocenters. The number of nitrogens with zero attached hydrogens (tertiary/aromatic N) is 2. The van der Waals surface area contributed by atoms with Crippen molar-refractivity contribution < 1.29 is 14.3 Å². The number of hydrogen-bond acceptors (Lipinski definition) is 5. The number of carbonyl (C=O) groups excluding carboxylic acids is 2. The molecule has 1 fully saturated rings. The largest absolute Gasteiger partial charge is 0.383 e. The van der Waals surface area contributed by atoms with Crippen molar-refractivity contribution in [3.63, 3.8) is 0 Å². The van der Waals surface area contributed by atoms with E-state index in [1.165, 1.54) is 11.3 Å². The molecule has 2 aliphatic rings. The van der Waals surface area contributed by atoms with Crippen LogP contribution in [0.3, 0.4) is 0 Å². The van der Waals surface area contributed by atoms with Crippen molar-refractivity contribution in [2.75, 3.05) is 37.5 Å². The Morgan fingerprint density at radius 3 is 2.88 bits per heavy atom. The molecule has 0 radical (unpaired) electrons. The molecular weight excluding hydrogens is 356 g/mol. The maximum atomic E-state index is 13.4. The van der Waals surface area contributed by atoms with Gasteiger partial charge in [-0.2, -0.15) is 0 Å². The van der Waals surface area contributed by atoms with Crippen molar-refractivity contribution in [2.24, 2.45) is 0 Å². The summed E-state index contributed by atoms with van der Waals surface area (Å²) < 4.78 is 5.17. The molecule has 0 N–H and O–H groups in total. The quantitative estimate of drug-likeness (QED) is 0.826. The number of fused-ring (bicyclic) bond motifs is 2. The highest BCUT2D eigenvalue weighted by molar-refractivity contribution is 8.01. The number of anilines is 1. The van der Waals surface area contributed by atoms with Gasteiger partial charge < -0.3 is 14.5 Å². The molecule has 1 aromatic carbocycles. The molecule has 1 unspecified atom stereocenters. The molecule has 3 heterocycles. The summed E-state index contributed by atoms with van der Waals surface area (Å²) in [5, 5.41) is 1.89. The van der Waals surface area contributed by atoms with Crippen LogP contribution in [0.15, 0.2) is 41.8 Å². The number of hydrogen-bond donors (Lipinski definition) is 0. The lowest BCUT2D eigenvalue weighted by atomic mass is 10.1. The first-order valence-electron chi connectivity index (χ1n) is 8.10. The molecular formula is C18H18N2O3S2. The van der Waals surface area contributed by atoms with E-state index in [-0.39, 0.29) is 11.8 Å². The summed E-state index contributed by atoms with van der Waals surface area (Å²) in [4.78, 5) is 29.7. The first-order chi connectivity index (χ1) is 12.2. The van der Waals surface area contributed by atoms with Gasteiger partial charge in [-0.1, -0.05) is 24.3 Å². The van der Waals surface area contributed by atoms with E-state index in [4.69, 9.17) is 4.74 Å². The highest BCUT2D eigenvalue weighted by Crippen LogP contribution is 2.54. The Kier molecular flexibility index (Phi) is 4.31. The minimum atomic E-state index is -0.953. The first kappa shape index (κ1) is 16.6. The van der Waals surface area contributed by atoms with Gasteiger partial charge in [-0.15, -0.1) is 23.1 Å². The second kappa shape index (κ2) is 6.48. The smallest absolute Gasteiger partial charge is 0.268 e.